The molecule has 1 N–H and O–H groups in total. The van der Waals surface area contributed by atoms with Crippen molar-refractivity contribution in [3.05, 3.63) is 63.6 Å². The quantitative estimate of drug-likeness (QED) is 0.828. The van der Waals surface area contributed by atoms with E-state index in [-0.39, 0.29) is 22.2 Å². The summed E-state index contributed by atoms with van der Waals surface area (Å²) in [7, 11) is -3.35. The van der Waals surface area contributed by atoms with Crippen LogP contribution in [-0.4, -0.2) is 26.6 Å². The first-order valence-electron chi connectivity index (χ1n) is 8.19. The highest BCUT2D eigenvalue weighted by atomic mass is 35.5. The highest BCUT2D eigenvalue weighted by Gasteiger charge is 2.27. The van der Waals surface area contributed by atoms with Crippen LogP contribution in [0.25, 0.3) is 0 Å². The predicted molar refractivity (Wildman–Crippen MR) is 104 cm³/mol. The smallest absolute Gasteiger partial charge is 0.253 e. The van der Waals surface area contributed by atoms with Gasteiger partial charge in [-0.15, -0.1) is 0 Å². The van der Waals surface area contributed by atoms with Crippen molar-refractivity contribution in [1.29, 1.82) is 0 Å². The second-order valence-corrected chi connectivity index (χ2v) is 8.93. The summed E-state index contributed by atoms with van der Waals surface area (Å²) in [4.78, 5) is 12.5. The van der Waals surface area contributed by atoms with E-state index >= 15 is 0 Å². The number of sulfonamides is 1. The number of benzene rings is 2. The third-order valence-electron chi connectivity index (χ3n) is 4.20. The molecule has 1 amide bonds. The minimum atomic E-state index is -3.35. The Hall–Kier alpha value is -1.76. The van der Waals surface area contributed by atoms with Crippen LogP contribution in [0.15, 0.2) is 42.5 Å². The van der Waals surface area contributed by atoms with Crippen LogP contribution >= 0.6 is 23.2 Å². The lowest BCUT2D eigenvalue weighted by Gasteiger charge is -2.28. The molecule has 26 heavy (non-hydrogen) atoms. The van der Waals surface area contributed by atoms with Gasteiger partial charge < -0.3 is 5.32 Å². The van der Waals surface area contributed by atoms with Gasteiger partial charge in [-0.3, -0.25) is 9.10 Å². The minimum absolute atomic E-state index is 0.119. The average molecular weight is 413 g/mol. The summed E-state index contributed by atoms with van der Waals surface area (Å²) < 4.78 is 25.9. The highest BCUT2D eigenvalue weighted by molar-refractivity contribution is 7.92. The van der Waals surface area contributed by atoms with Gasteiger partial charge in [-0.1, -0.05) is 35.3 Å². The van der Waals surface area contributed by atoms with Crippen molar-refractivity contribution in [1.82, 2.24) is 5.32 Å². The zero-order valence-electron chi connectivity index (χ0n) is 13.9. The van der Waals surface area contributed by atoms with Gasteiger partial charge in [0.15, 0.2) is 0 Å². The van der Waals surface area contributed by atoms with E-state index in [2.05, 4.69) is 5.32 Å². The third-order valence-corrected chi connectivity index (χ3v) is 6.65. The standard InChI is InChI=1S/C18H18Cl2N2O3S/c19-14-5-3-13(4-6-14)12-21-18(23)16-11-15(7-8-17(16)20)22-9-1-2-10-26(22,24)25/h3-8,11H,1-2,9-10,12H2,(H,21,23). The number of nitrogens with one attached hydrogen (secondary N) is 1. The number of carbonyl (C=O) groups is 1. The zero-order valence-corrected chi connectivity index (χ0v) is 16.2. The Labute approximate surface area is 163 Å². The number of amides is 1. The molecule has 8 heteroatoms. The monoisotopic (exact) mass is 412 g/mol. The Kier molecular flexibility index (Phi) is 5.75. The Bertz CT molecular complexity index is 915. The summed E-state index contributed by atoms with van der Waals surface area (Å²) in [5, 5.41) is 3.69. The molecule has 5 nitrogen and oxygen atoms in total. The van der Waals surface area contributed by atoms with Crippen LogP contribution in [0.4, 0.5) is 5.69 Å². The van der Waals surface area contributed by atoms with Crippen molar-refractivity contribution < 1.29 is 13.2 Å². The molecule has 0 unspecified atom stereocenters. The second kappa shape index (κ2) is 7.86. The van der Waals surface area contributed by atoms with Gasteiger partial charge >= 0.3 is 0 Å². The summed E-state index contributed by atoms with van der Waals surface area (Å²) in [6, 6.07) is 11.8. The van der Waals surface area contributed by atoms with Crippen LogP contribution in [0.5, 0.6) is 0 Å². The fraction of sp³-hybridized carbons (Fsp3) is 0.278. The first kappa shape index (κ1) is 19.0. The van der Waals surface area contributed by atoms with Gasteiger partial charge in [0, 0.05) is 18.1 Å². The predicted octanol–water partition coefficient (Wildman–Crippen LogP) is 3.85. The molecule has 0 aliphatic carbocycles. The fourth-order valence-corrected chi connectivity index (χ4v) is 4.76. The van der Waals surface area contributed by atoms with Gasteiger partial charge in [0.2, 0.25) is 10.0 Å². The number of hydrogen-bond acceptors (Lipinski definition) is 3. The lowest BCUT2D eigenvalue weighted by Crippen LogP contribution is -2.38. The van der Waals surface area contributed by atoms with E-state index in [1.807, 2.05) is 12.1 Å². The molecule has 0 radical (unpaired) electrons. The van der Waals surface area contributed by atoms with Gasteiger partial charge in [0.1, 0.15) is 0 Å². The van der Waals surface area contributed by atoms with E-state index in [9.17, 15) is 13.2 Å². The van der Waals surface area contributed by atoms with E-state index in [0.717, 1.165) is 12.0 Å². The van der Waals surface area contributed by atoms with Crippen LogP contribution in [0.1, 0.15) is 28.8 Å². The van der Waals surface area contributed by atoms with Gasteiger partial charge in [-0.25, -0.2) is 8.42 Å². The van der Waals surface area contributed by atoms with Crippen LogP contribution in [0, 0.1) is 0 Å². The number of anilines is 1. The minimum Gasteiger partial charge on any atom is -0.348 e. The van der Waals surface area contributed by atoms with Crippen LogP contribution in [0.2, 0.25) is 10.0 Å². The Balaban J connectivity index is 1.78. The van der Waals surface area contributed by atoms with Crippen molar-refractivity contribution >= 4 is 44.8 Å². The normalized spacial score (nSPS) is 16.3. The molecule has 0 atom stereocenters. The number of nitrogens with zero attached hydrogens (tertiary/aromatic N) is 1. The Morgan fingerprint density at radius 1 is 1.08 bits per heavy atom. The summed E-state index contributed by atoms with van der Waals surface area (Å²) in [5.74, 6) is -0.241. The van der Waals surface area contributed by atoms with E-state index in [1.54, 1.807) is 24.3 Å². The first-order chi connectivity index (χ1) is 12.4. The third kappa shape index (κ3) is 4.31. The van der Waals surface area contributed by atoms with Crippen molar-refractivity contribution in [3.8, 4) is 0 Å². The molecule has 0 aromatic heterocycles. The Morgan fingerprint density at radius 2 is 1.81 bits per heavy atom. The lowest BCUT2D eigenvalue weighted by molar-refractivity contribution is 0.0951. The molecule has 2 aromatic carbocycles. The molecule has 1 fully saturated rings. The maximum atomic E-state index is 12.5. The molecule has 0 spiro atoms. The molecule has 138 valence electrons. The average Bonchev–Trinajstić information content (AvgIpc) is 2.61. The van der Waals surface area contributed by atoms with Crippen molar-refractivity contribution in [2.24, 2.45) is 0 Å². The van der Waals surface area contributed by atoms with Gasteiger partial charge in [0.05, 0.1) is 22.0 Å². The van der Waals surface area contributed by atoms with Crippen LogP contribution in [0.3, 0.4) is 0 Å². The van der Waals surface area contributed by atoms with Gasteiger partial charge in [-0.05, 0) is 48.7 Å². The first-order valence-corrected chi connectivity index (χ1v) is 10.6. The molecule has 0 saturated carbocycles. The van der Waals surface area contributed by atoms with Crippen molar-refractivity contribution in [2.75, 3.05) is 16.6 Å². The molecule has 1 saturated heterocycles. The SMILES string of the molecule is O=C(NCc1ccc(Cl)cc1)c1cc(N2CCCCS2(=O)=O)ccc1Cl. The number of carbonyl (C=O) groups excluding carboxylic acids is 1. The molecule has 0 bridgehead atoms. The van der Waals surface area contributed by atoms with Crippen molar-refractivity contribution in [2.45, 2.75) is 19.4 Å². The topological polar surface area (TPSA) is 66.5 Å². The summed E-state index contributed by atoms with van der Waals surface area (Å²) in [6.07, 6.45) is 1.45. The number of rotatable bonds is 4. The van der Waals surface area contributed by atoms with Crippen LogP contribution < -0.4 is 9.62 Å². The second-order valence-electron chi connectivity index (χ2n) is 6.07. The van der Waals surface area contributed by atoms with E-state index < -0.39 is 10.0 Å². The van der Waals surface area contributed by atoms with Crippen LogP contribution in [-0.2, 0) is 16.6 Å². The van der Waals surface area contributed by atoms with Crippen molar-refractivity contribution in [3.63, 3.8) is 0 Å². The zero-order chi connectivity index (χ0) is 18.7. The van der Waals surface area contributed by atoms with E-state index in [0.29, 0.717) is 30.2 Å². The lowest BCUT2D eigenvalue weighted by atomic mass is 10.1. The van der Waals surface area contributed by atoms with Gasteiger partial charge in [-0.2, -0.15) is 0 Å². The largest absolute Gasteiger partial charge is 0.348 e. The molecule has 2 aromatic rings. The molecular weight excluding hydrogens is 395 g/mol. The molecular formula is C18H18Cl2N2O3S. The van der Waals surface area contributed by atoms with Gasteiger partial charge in [0.25, 0.3) is 5.91 Å². The maximum Gasteiger partial charge on any atom is 0.253 e. The summed E-state index contributed by atoms with van der Waals surface area (Å²) in [6.45, 7) is 0.731. The van der Waals surface area contributed by atoms with E-state index in [4.69, 9.17) is 23.2 Å². The molecule has 1 aliphatic rings. The Morgan fingerprint density at radius 3 is 2.50 bits per heavy atom. The molecule has 3 rings (SSSR count). The summed E-state index contributed by atoms with van der Waals surface area (Å²) >= 11 is 12.0. The number of hydrogen-bond donors (Lipinski definition) is 1. The number of halogens is 2. The highest BCUT2D eigenvalue weighted by Crippen LogP contribution is 2.28. The molecule has 1 aliphatic heterocycles. The van der Waals surface area contributed by atoms with E-state index in [1.165, 1.54) is 10.4 Å². The maximum absolute atomic E-state index is 12.5. The summed E-state index contributed by atoms with van der Waals surface area (Å²) in [5.41, 5.74) is 1.61. The fourth-order valence-electron chi connectivity index (χ4n) is 2.80. The molecule has 1 heterocycles.